The molecule has 0 radical (unpaired) electrons. The Labute approximate surface area is 208 Å². The van der Waals surface area contributed by atoms with E-state index in [0.717, 1.165) is 23.9 Å². The molecule has 1 aliphatic heterocycles. The van der Waals surface area contributed by atoms with E-state index in [0.29, 0.717) is 4.90 Å². The quantitative estimate of drug-likeness (QED) is 0.303. The van der Waals surface area contributed by atoms with Crippen molar-refractivity contribution < 1.29 is 36.0 Å². The van der Waals surface area contributed by atoms with Gasteiger partial charge in [0.25, 0.3) is 5.60 Å². The van der Waals surface area contributed by atoms with Crippen molar-refractivity contribution >= 4 is 58.2 Å². The third kappa shape index (κ3) is 6.24. The van der Waals surface area contributed by atoms with Crippen LogP contribution in [0.15, 0.2) is 46.4 Å². The lowest BCUT2D eigenvalue weighted by molar-refractivity contribution is -0.275. The molecule has 0 saturated heterocycles. The van der Waals surface area contributed by atoms with E-state index in [9.17, 15) is 31.1 Å². The summed E-state index contributed by atoms with van der Waals surface area (Å²) in [6.07, 6.45) is -10.1. The number of amides is 1. The molecule has 0 aromatic heterocycles. The molecule has 0 saturated carbocycles. The first-order chi connectivity index (χ1) is 15.7. The molecule has 2 aromatic rings. The fourth-order valence-electron chi connectivity index (χ4n) is 3.04. The summed E-state index contributed by atoms with van der Waals surface area (Å²) in [4.78, 5) is 16.8. The average Bonchev–Trinajstić information content (AvgIpc) is 3.17. The highest BCUT2D eigenvalue weighted by atomic mass is 35.5. The van der Waals surface area contributed by atoms with Crippen molar-refractivity contribution in [3.8, 4) is 0 Å². The van der Waals surface area contributed by atoms with Gasteiger partial charge in [-0.05, 0) is 30.3 Å². The summed E-state index contributed by atoms with van der Waals surface area (Å²) in [5.41, 5.74) is -2.95. The van der Waals surface area contributed by atoms with E-state index in [1.165, 1.54) is 24.3 Å². The molecule has 14 heteroatoms. The summed E-state index contributed by atoms with van der Waals surface area (Å²) in [5.74, 6) is -1.20. The standard InChI is InChI=1S/C20H13Cl3F6N2O2S/c21-12-4-11(5-13(22)6-12)18(20(27,28)29)7-15(31-33-18)10-1-2-16(14(23)3-10)34-8-17(32)30-9-19(24,25)26/h1-6H,7-9H2,(H,30,32). The zero-order chi connectivity index (χ0) is 25.3. The average molecular weight is 566 g/mol. The Kier molecular flexibility index (Phi) is 7.91. The van der Waals surface area contributed by atoms with E-state index in [1.54, 1.807) is 5.32 Å². The first-order valence-corrected chi connectivity index (χ1v) is 11.4. The Bertz CT molecular complexity index is 1110. The van der Waals surface area contributed by atoms with Crippen LogP contribution in [0.3, 0.4) is 0 Å². The largest absolute Gasteiger partial charge is 0.435 e. The SMILES string of the molecule is O=C(CSc1ccc(C2=NOC(c3cc(Cl)cc(Cl)c3)(C(F)(F)F)C2)cc1Cl)NCC(F)(F)F. The van der Waals surface area contributed by atoms with Crippen molar-refractivity contribution in [3.63, 3.8) is 0 Å². The van der Waals surface area contributed by atoms with E-state index in [4.69, 9.17) is 39.6 Å². The Morgan fingerprint density at radius 2 is 1.71 bits per heavy atom. The van der Waals surface area contributed by atoms with Crippen LogP contribution in [0, 0.1) is 0 Å². The van der Waals surface area contributed by atoms with E-state index in [2.05, 4.69) is 5.16 Å². The number of carbonyl (C=O) groups excluding carboxylic acids is 1. The van der Waals surface area contributed by atoms with Crippen LogP contribution in [0.25, 0.3) is 0 Å². The third-order valence-electron chi connectivity index (χ3n) is 4.62. The lowest BCUT2D eigenvalue weighted by atomic mass is 9.86. The summed E-state index contributed by atoms with van der Waals surface area (Å²) in [5, 5.41) is 5.41. The maximum Gasteiger partial charge on any atom is 0.435 e. The summed E-state index contributed by atoms with van der Waals surface area (Å²) in [6, 6.07) is 7.64. The van der Waals surface area contributed by atoms with Crippen molar-refractivity contribution in [2.45, 2.75) is 29.3 Å². The number of carbonyl (C=O) groups is 1. The van der Waals surface area contributed by atoms with Crippen LogP contribution in [0.1, 0.15) is 17.5 Å². The second-order valence-corrected chi connectivity index (χ2v) is 9.41. The Hall–Kier alpha value is -1.82. The summed E-state index contributed by atoms with van der Waals surface area (Å²) in [6.45, 7) is -1.46. The highest BCUT2D eigenvalue weighted by Gasteiger charge is 2.62. The van der Waals surface area contributed by atoms with Crippen molar-refractivity contribution in [1.82, 2.24) is 5.32 Å². The molecule has 1 amide bonds. The number of hydrogen-bond acceptors (Lipinski definition) is 4. The molecule has 1 unspecified atom stereocenters. The number of halogens is 9. The van der Waals surface area contributed by atoms with Crippen molar-refractivity contribution in [2.75, 3.05) is 12.3 Å². The van der Waals surface area contributed by atoms with Crippen LogP contribution < -0.4 is 5.32 Å². The highest BCUT2D eigenvalue weighted by molar-refractivity contribution is 8.00. The van der Waals surface area contributed by atoms with Gasteiger partial charge in [0.15, 0.2) is 0 Å². The fourth-order valence-corrected chi connectivity index (χ4v) is 4.66. The molecule has 1 N–H and O–H groups in total. The van der Waals surface area contributed by atoms with Crippen LogP contribution in [0.2, 0.25) is 15.1 Å². The maximum atomic E-state index is 14.1. The topological polar surface area (TPSA) is 50.7 Å². The van der Waals surface area contributed by atoms with Gasteiger partial charge in [0, 0.05) is 32.5 Å². The minimum Gasteiger partial charge on any atom is -0.374 e. The predicted molar refractivity (Wildman–Crippen MR) is 118 cm³/mol. The normalized spacial score (nSPS) is 18.4. The Morgan fingerprint density at radius 1 is 1.06 bits per heavy atom. The number of benzene rings is 2. The van der Waals surface area contributed by atoms with Gasteiger partial charge >= 0.3 is 12.4 Å². The minimum absolute atomic E-state index is 0.00753. The van der Waals surface area contributed by atoms with Crippen LogP contribution in [-0.4, -0.2) is 36.3 Å². The number of oxime groups is 1. The third-order valence-corrected chi connectivity index (χ3v) is 6.56. The first-order valence-electron chi connectivity index (χ1n) is 9.25. The number of rotatable bonds is 6. The Balaban J connectivity index is 1.76. The number of alkyl halides is 6. The van der Waals surface area contributed by atoms with E-state index in [-0.39, 0.29) is 37.7 Å². The van der Waals surface area contributed by atoms with Crippen LogP contribution in [0.4, 0.5) is 26.3 Å². The monoisotopic (exact) mass is 564 g/mol. The molecule has 184 valence electrons. The fraction of sp³-hybridized carbons (Fsp3) is 0.300. The lowest BCUT2D eigenvalue weighted by Gasteiger charge is -2.29. The summed E-state index contributed by atoms with van der Waals surface area (Å²) in [7, 11) is 0. The first kappa shape index (κ1) is 26.8. The molecule has 2 aromatic carbocycles. The number of nitrogens with zero attached hydrogens (tertiary/aromatic N) is 1. The highest BCUT2D eigenvalue weighted by Crippen LogP contribution is 2.50. The molecule has 3 rings (SSSR count). The van der Waals surface area contributed by atoms with Crippen molar-refractivity contribution in [3.05, 3.63) is 62.6 Å². The second kappa shape index (κ2) is 10.0. The van der Waals surface area contributed by atoms with Gasteiger partial charge in [0.2, 0.25) is 5.91 Å². The summed E-state index contributed by atoms with van der Waals surface area (Å²) < 4.78 is 78.8. The van der Waals surface area contributed by atoms with Gasteiger partial charge in [-0.15, -0.1) is 11.8 Å². The lowest BCUT2D eigenvalue weighted by Crippen LogP contribution is -2.42. The van der Waals surface area contributed by atoms with E-state index >= 15 is 0 Å². The second-order valence-electron chi connectivity index (χ2n) is 7.11. The molecular weight excluding hydrogens is 553 g/mol. The van der Waals surface area contributed by atoms with Gasteiger partial charge < -0.3 is 10.2 Å². The van der Waals surface area contributed by atoms with Gasteiger partial charge in [-0.1, -0.05) is 46.0 Å². The number of nitrogens with one attached hydrogen (secondary N) is 1. The molecule has 0 bridgehead atoms. The van der Waals surface area contributed by atoms with Crippen LogP contribution in [-0.2, 0) is 15.2 Å². The molecule has 0 aliphatic carbocycles. The molecular formula is C20H13Cl3F6N2O2S. The predicted octanol–water partition coefficient (Wildman–Crippen LogP) is 7.00. The van der Waals surface area contributed by atoms with Crippen LogP contribution >= 0.6 is 46.6 Å². The molecule has 0 spiro atoms. The van der Waals surface area contributed by atoms with Gasteiger partial charge in [-0.2, -0.15) is 26.3 Å². The molecule has 1 aliphatic rings. The van der Waals surface area contributed by atoms with Gasteiger partial charge in [-0.3, -0.25) is 4.79 Å². The van der Waals surface area contributed by atoms with Gasteiger partial charge in [0.05, 0.1) is 16.5 Å². The molecule has 1 atom stereocenters. The smallest absolute Gasteiger partial charge is 0.374 e. The zero-order valence-corrected chi connectivity index (χ0v) is 19.7. The molecule has 34 heavy (non-hydrogen) atoms. The van der Waals surface area contributed by atoms with Crippen molar-refractivity contribution in [1.29, 1.82) is 0 Å². The number of thioether (sulfide) groups is 1. The molecule has 1 heterocycles. The van der Waals surface area contributed by atoms with E-state index < -0.39 is 36.8 Å². The van der Waals surface area contributed by atoms with Crippen LogP contribution in [0.5, 0.6) is 0 Å². The van der Waals surface area contributed by atoms with Crippen molar-refractivity contribution in [2.24, 2.45) is 5.16 Å². The minimum atomic E-state index is -4.87. The van der Waals surface area contributed by atoms with E-state index in [1.807, 2.05) is 0 Å². The number of hydrogen-bond donors (Lipinski definition) is 1. The molecule has 0 fully saturated rings. The molecule has 4 nitrogen and oxygen atoms in total. The Morgan fingerprint density at radius 3 is 2.26 bits per heavy atom. The van der Waals surface area contributed by atoms with Gasteiger partial charge in [-0.25, -0.2) is 0 Å². The zero-order valence-electron chi connectivity index (χ0n) is 16.7. The van der Waals surface area contributed by atoms with Gasteiger partial charge in [0.1, 0.15) is 6.54 Å². The maximum absolute atomic E-state index is 14.1. The summed E-state index contributed by atoms with van der Waals surface area (Å²) >= 11 is 18.8.